The summed E-state index contributed by atoms with van der Waals surface area (Å²) in [5.74, 6) is 0.214. The average molecular weight is 339 g/mol. The summed E-state index contributed by atoms with van der Waals surface area (Å²) in [6, 6.07) is 16.9. The Balaban J connectivity index is 1.26. The molecule has 1 saturated heterocycles. The lowest BCUT2D eigenvalue weighted by atomic mass is 9.54. The molecule has 1 aliphatic carbocycles. The second-order valence-electron chi connectivity index (χ2n) is 8.02. The van der Waals surface area contributed by atoms with Crippen LogP contribution in [0, 0.1) is 5.41 Å². The number of hydrogen-bond acceptors (Lipinski definition) is 4. The number of aromatic hydroxyl groups is 1. The van der Waals surface area contributed by atoms with Gasteiger partial charge >= 0.3 is 0 Å². The van der Waals surface area contributed by atoms with Gasteiger partial charge in [-0.25, -0.2) is 0 Å². The van der Waals surface area contributed by atoms with Crippen molar-refractivity contribution in [2.24, 2.45) is 5.41 Å². The largest absolute Gasteiger partial charge is 0.508 e. The first-order valence-electron chi connectivity index (χ1n) is 8.91. The van der Waals surface area contributed by atoms with E-state index in [0.717, 1.165) is 37.9 Å². The van der Waals surface area contributed by atoms with E-state index in [0.29, 0.717) is 6.54 Å². The maximum absolute atomic E-state index is 10.7. The summed E-state index contributed by atoms with van der Waals surface area (Å²) in [6.07, 6.45) is 1.88. The summed E-state index contributed by atoms with van der Waals surface area (Å²) in [4.78, 5) is 2.25. The Hall–Kier alpha value is -1.88. The minimum atomic E-state index is -0.566. The number of benzene rings is 2. The Morgan fingerprint density at radius 1 is 0.960 bits per heavy atom. The molecule has 0 amide bonds. The van der Waals surface area contributed by atoms with Crippen LogP contribution in [0.2, 0.25) is 0 Å². The van der Waals surface area contributed by atoms with Crippen LogP contribution in [0.1, 0.15) is 30.1 Å². The number of hydrogen-bond donors (Lipinski definition) is 3. The van der Waals surface area contributed by atoms with Crippen molar-refractivity contribution in [3.63, 3.8) is 0 Å². The minimum absolute atomic E-state index is 0.214. The first kappa shape index (κ1) is 16.6. The number of β-amino-alcohol motifs (C(OH)–C–C–N with tert-alkyl or cyclic N) is 1. The minimum Gasteiger partial charge on any atom is -0.508 e. The fraction of sp³-hybridized carbons (Fsp3) is 0.429. The monoisotopic (exact) mass is 339 g/mol. The van der Waals surface area contributed by atoms with Gasteiger partial charge in [0, 0.05) is 31.5 Å². The first-order valence-corrected chi connectivity index (χ1v) is 8.91. The molecule has 1 saturated carbocycles. The van der Waals surface area contributed by atoms with Crippen LogP contribution in [-0.4, -0.2) is 45.5 Å². The van der Waals surface area contributed by atoms with Crippen molar-refractivity contribution in [3.05, 3.63) is 65.7 Å². The highest BCUT2D eigenvalue weighted by Gasteiger charge is 2.59. The van der Waals surface area contributed by atoms with Crippen molar-refractivity contribution in [1.29, 1.82) is 0 Å². The molecule has 2 aromatic rings. The van der Waals surface area contributed by atoms with Gasteiger partial charge in [0.2, 0.25) is 0 Å². The zero-order chi connectivity index (χ0) is 17.5. The number of rotatable bonds is 5. The maximum atomic E-state index is 10.7. The second kappa shape index (κ2) is 6.13. The molecule has 25 heavy (non-hydrogen) atoms. The van der Waals surface area contributed by atoms with Gasteiger partial charge in [0.05, 0.1) is 11.7 Å². The van der Waals surface area contributed by atoms with Crippen molar-refractivity contribution >= 4 is 0 Å². The number of phenolic OH excluding ortho intramolecular Hbond substituents is 1. The predicted octanol–water partition coefficient (Wildman–Crippen LogP) is 2.50. The number of aliphatic hydroxyl groups is 2. The standard InChI is InChI=1S/C21H25NO3/c23-18-8-6-17(7-9-18)19(24)11-22-14-20(15-22)12-21(25,13-20)10-16-4-2-1-3-5-16/h1-9,19,23-25H,10-15H2/t19-/m0/s1. The Morgan fingerprint density at radius 3 is 2.24 bits per heavy atom. The van der Waals surface area contributed by atoms with Gasteiger partial charge in [-0.3, -0.25) is 4.90 Å². The van der Waals surface area contributed by atoms with Gasteiger partial charge in [-0.1, -0.05) is 42.5 Å². The van der Waals surface area contributed by atoms with Crippen LogP contribution in [-0.2, 0) is 6.42 Å². The summed E-state index contributed by atoms with van der Waals surface area (Å²) in [5, 5.41) is 30.4. The van der Waals surface area contributed by atoms with E-state index in [4.69, 9.17) is 0 Å². The number of aliphatic hydroxyl groups excluding tert-OH is 1. The van der Waals surface area contributed by atoms with E-state index in [9.17, 15) is 15.3 Å². The van der Waals surface area contributed by atoms with Gasteiger partial charge in [0.1, 0.15) is 5.75 Å². The van der Waals surface area contributed by atoms with E-state index < -0.39 is 11.7 Å². The van der Waals surface area contributed by atoms with Crippen molar-refractivity contribution in [2.45, 2.75) is 31.0 Å². The molecule has 2 fully saturated rings. The van der Waals surface area contributed by atoms with Gasteiger partial charge < -0.3 is 15.3 Å². The highest BCUT2D eigenvalue weighted by molar-refractivity contribution is 5.28. The molecule has 3 N–H and O–H groups in total. The zero-order valence-electron chi connectivity index (χ0n) is 14.3. The number of likely N-dealkylation sites (tertiary alicyclic amines) is 1. The smallest absolute Gasteiger partial charge is 0.115 e. The fourth-order valence-electron chi connectivity index (χ4n) is 4.75. The highest BCUT2D eigenvalue weighted by atomic mass is 16.3. The third-order valence-electron chi connectivity index (χ3n) is 5.61. The summed E-state index contributed by atoms with van der Waals surface area (Å²) >= 11 is 0. The molecule has 4 rings (SSSR count). The predicted molar refractivity (Wildman–Crippen MR) is 96.3 cm³/mol. The molecular weight excluding hydrogens is 314 g/mol. The molecule has 4 nitrogen and oxygen atoms in total. The topological polar surface area (TPSA) is 63.9 Å². The second-order valence-corrected chi connectivity index (χ2v) is 8.02. The van der Waals surface area contributed by atoms with Gasteiger partial charge in [0.15, 0.2) is 0 Å². The Labute approximate surface area is 148 Å². The van der Waals surface area contributed by atoms with Crippen molar-refractivity contribution in [2.75, 3.05) is 19.6 Å². The van der Waals surface area contributed by atoms with Crippen LogP contribution in [0.25, 0.3) is 0 Å². The molecule has 132 valence electrons. The Bertz CT molecular complexity index is 715. The van der Waals surface area contributed by atoms with Crippen LogP contribution in [0.3, 0.4) is 0 Å². The van der Waals surface area contributed by atoms with Gasteiger partial charge in [-0.05, 0) is 36.1 Å². The van der Waals surface area contributed by atoms with Gasteiger partial charge in [-0.15, -0.1) is 0 Å². The molecule has 0 radical (unpaired) electrons. The third kappa shape index (κ3) is 3.43. The lowest BCUT2D eigenvalue weighted by Gasteiger charge is -2.63. The number of nitrogens with zero attached hydrogens (tertiary/aromatic N) is 1. The molecule has 0 aromatic heterocycles. The van der Waals surface area contributed by atoms with E-state index in [-0.39, 0.29) is 11.2 Å². The Morgan fingerprint density at radius 2 is 1.60 bits per heavy atom. The van der Waals surface area contributed by atoms with Crippen molar-refractivity contribution in [3.8, 4) is 5.75 Å². The van der Waals surface area contributed by atoms with E-state index in [1.807, 2.05) is 18.2 Å². The van der Waals surface area contributed by atoms with Crippen molar-refractivity contribution < 1.29 is 15.3 Å². The van der Waals surface area contributed by atoms with E-state index in [1.54, 1.807) is 24.3 Å². The van der Waals surface area contributed by atoms with Crippen LogP contribution >= 0.6 is 0 Å². The van der Waals surface area contributed by atoms with Crippen LogP contribution in [0.15, 0.2) is 54.6 Å². The zero-order valence-corrected chi connectivity index (χ0v) is 14.3. The van der Waals surface area contributed by atoms with E-state index in [2.05, 4.69) is 17.0 Å². The first-order chi connectivity index (χ1) is 12.0. The molecular formula is C21H25NO3. The Kier molecular flexibility index (Phi) is 4.07. The van der Waals surface area contributed by atoms with E-state index in [1.165, 1.54) is 5.56 Å². The van der Waals surface area contributed by atoms with Gasteiger partial charge in [0.25, 0.3) is 0 Å². The quantitative estimate of drug-likeness (QED) is 0.783. The molecule has 1 atom stereocenters. The molecule has 2 aromatic carbocycles. The van der Waals surface area contributed by atoms with E-state index >= 15 is 0 Å². The molecule has 1 spiro atoms. The highest BCUT2D eigenvalue weighted by Crippen LogP contribution is 2.55. The summed E-state index contributed by atoms with van der Waals surface area (Å²) in [6.45, 7) is 2.49. The third-order valence-corrected chi connectivity index (χ3v) is 5.61. The lowest BCUT2D eigenvalue weighted by Crippen LogP contribution is -2.68. The normalized spacial score (nSPS) is 22.2. The fourth-order valence-corrected chi connectivity index (χ4v) is 4.75. The summed E-state index contributed by atoms with van der Waals surface area (Å²) in [5.41, 5.74) is 1.69. The molecule has 1 aliphatic heterocycles. The van der Waals surface area contributed by atoms with Gasteiger partial charge in [-0.2, -0.15) is 0 Å². The molecule has 2 aliphatic rings. The molecule has 1 heterocycles. The lowest BCUT2D eigenvalue weighted by molar-refractivity contribution is -0.192. The van der Waals surface area contributed by atoms with Crippen molar-refractivity contribution in [1.82, 2.24) is 4.90 Å². The SMILES string of the molecule is Oc1ccc([C@@H](O)CN2CC3(C2)CC(O)(Cc2ccccc2)C3)cc1. The number of phenols is 1. The molecule has 4 heteroatoms. The summed E-state index contributed by atoms with van der Waals surface area (Å²) in [7, 11) is 0. The van der Waals surface area contributed by atoms with Crippen LogP contribution < -0.4 is 0 Å². The van der Waals surface area contributed by atoms with Crippen LogP contribution in [0.4, 0.5) is 0 Å². The summed E-state index contributed by atoms with van der Waals surface area (Å²) < 4.78 is 0. The average Bonchev–Trinajstić information content (AvgIpc) is 2.53. The maximum Gasteiger partial charge on any atom is 0.115 e. The molecule has 0 unspecified atom stereocenters. The molecule has 0 bridgehead atoms. The van der Waals surface area contributed by atoms with Crippen LogP contribution in [0.5, 0.6) is 5.75 Å².